The molecule has 0 aliphatic rings. The second kappa shape index (κ2) is 5.75. The molecule has 0 aromatic carbocycles. The Bertz CT molecular complexity index is 402. The lowest BCUT2D eigenvalue weighted by Gasteiger charge is -2.05. The van der Waals surface area contributed by atoms with Crippen LogP contribution >= 0.6 is 0 Å². The largest absolute Gasteiger partial charge is 0.486 e. The number of carbonyl (C=O) groups is 1. The first kappa shape index (κ1) is 12.0. The van der Waals surface area contributed by atoms with Crippen LogP contribution in [0.1, 0.15) is 5.69 Å². The molecule has 0 amide bonds. The fraction of sp³-hybridized carbons (Fsp3) is 0.273. The summed E-state index contributed by atoms with van der Waals surface area (Å²) in [7, 11) is 1.31. The third-order valence-electron chi connectivity index (χ3n) is 1.82. The van der Waals surface area contributed by atoms with Crippen LogP contribution in [0.5, 0.6) is 5.75 Å². The number of rotatable bonds is 4. The molecule has 0 saturated carbocycles. The predicted molar refractivity (Wildman–Crippen MR) is 60.0 cm³/mol. The van der Waals surface area contributed by atoms with Gasteiger partial charge in [0.1, 0.15) is 6.61 Å². The van der Waals surface area contributed by atoms with Crippen molar-refractivity contribution in [1.82, 2.24) is 4.98 Å². The van der Waals surface area contributed by atoms with Gasteiger partial charge >= 0.3 is 5.97 Å². The summed E-state index contributed by atoms with van der Waals surface area (Å²) in [6, 6.07) is 3.54. The summed E-state index contributed by atoms with van der Waals surface area (Å²) >= 11 is 0. The van der Waals surface area contributed by atoms with Gasteiger partial charge in [0.25, 0.3) is 0 Å². The second-order valence-corrected chi connectivity index (χ2v) is 3.07. The van der Waals surface area contributed by atoms with E-state index in [-0.39, 0.29) is 6.61 Å². The minimum atomic E-state index is -0.418. The van der Waals surface area contributed by atoms with E-state index >= 15 is 0 Å². The van der Waals surface area contributed by atoms with E-state index in [4.69, 9.17) is 10.5 Å². The number of pyridine rings is 1. The quantitative estimate of drug-likeness (QED) is 0.609. The number of ether oxygens (including phenoxy) is 2. The molecule has 1 heterocycles. The molecule has 86 valence electrons. The molecule has 0 radical (unpaired) electrons. The third kappa shape index (κ3) is 3.61. The SMILES string of the molecule is COC(=O)/C=C/COc1ccc(C)nc1N. The van der Waals surface area contributed by atoms with E-state index in [9.17, 15) is 4.79 Å². The number of anilines is 1. The first-order valence-electron chi connectivity index (χ1n) is 4.74. The Morgan fingerprint density at radius 2 is 2.31 bits per heavy atom. The molecule has 1 rings (SSSR count). The number of nitrogens with two attached hydrogens (primary N) is 1. The van der Waals surface area contributed by atoms with Gasteiger partial charge in [0, 0.05) is 11.8 Å². The van der Waals surface area contributed by atoms with Gasteiger partial charge in [-0.25, -0.2) is 9.78 Å². The number of hydrogen-bond donors (Lipinski definition) is 1. The molecular weight excluding hydrogens is 208 g/mol. The Balaban J connectivity index is 2.49. The maximum atomic E-state index is 10.7. The third-order valence-corrected chi connectivity index (χ3v) is 1.82. The van der Waals surface area contributed by atoms with E-state index in [0.29, 0.717) is 11.6 Å². The van der Waals surface area contributed by atoms with Gasteiger partial charge in [-0.3, -0.25) is 0 Å². The molecule has 5 heteroatoms. The maximum Gasteiger partial charge on any atom is 0.330 e. The average molecular weight is 222 g/mol. The summed E-state index contributed by atoms with van der Waals surface area (Å²) in [5.74, 6) is 0.421. The predicted octanol–water partition coefficient (Wildman–Crippen LogP) is 1.08. The van der Waals surface area contributed by atoms with Crippen molar-refractivity contribution < 1.29 is 14.3 Å². The molecule has 2 N–H and O–H groups in total. The molecule has 5 nitrogen and oxygen atoms in total. The molecule has 0 aliphatic heterocycles. The van der Waals surface area contributed by atoms with Crippen LogP contribution in [-0.2, 0) is 9.53 Å². The Hall–Kier alpha value is -2.04. The van der Waals surface area contributed by atoms with Crippen molar-refractivity contribution in [3.05, 3.63) is 30.0 Å². The summed E-state index contributed by atoms with van der Waals surface area (Å²) in [5.41, 5.74) is 6.47. The van der Waals surface area contributed by atoms with Crippen molar-refractivity contribution in [3.63, 3.8) is 0 Å². The number of nitrogens with zero attached hydrogens (tertiary/aromatic N) is 1. The van der Waals surface area contributed by atoms with Crippen molar-refractivity contribution >= 4 is 11.8 Å². The number of nitrogen functional groups attached to an aromatic ring is 1. The van der Waals surface area contributed by atoms with Crippen LogP contribution in [0.25, 0.3) is 0 Å². The van der Waals surface area contributed by atoms with Crippen LogP contribution < -0.4 is 10.5 Å². The minimum absolute atomic E-state index is 0.240. The van der Waals surface area contributed by atoms with Gasteiger partial charge in [-0.2, -0.15) is 0 Å². The Morgan fingerprint density at radius 1 is 1.56 bits per heavy atom. The number of hydrogen-bond acceptors (Lipinski definition) is 5. The molecule has 1 aromatic heterocycles. The van der Waals surface area contributed by atoms with Crippen LogP contribution in [0.15, 0.2) is 24.3 Å². The van der Waals surface area contributed by atoms with Crippen LogP contribution in [0.2, 0.25) is 0 Å². The van der Waals surface area contributed by atoms with Crippen LogP contribution in [0.4, 0.5) is 5.82 Å². The zero-order valence-electron chi connectivity index (χ0n) is 9.27. The molecule has 1 aromatic rings. The highest BCUT2D eigenvalue weighted by Crippen LogP contribution is 2.18. The molecule has 0 spiro atoms. The van der Waals surface area contributed by atoms with Crippen LogP contribution in [-0.4, -0.2) is 24.7 Å². The fourth-order valence-electron chi connectivity index (χ4n) is 1.04. The summed E-state index contributed by atoms with van der Waals surface area (Å²) in [5, 5.41) is 0. The Kier molecular flexibility index (Phi) is 4.32. The Labute approximate surface area is 93.9 Å². The van der Waals surface area contributed by atoms with Crippen molar-refractivity contribution in [2.45, 2.75) is 6.92 Å². The fourth-order valence-corrected chi connectivity index (χ4v) is 1.04. The highest BCUT2D eigenvalue weighted by Gasteiger charge is 2.00. The zero-order chi connectivity index (χ0) is 12.0. The molecule has 16 heavy (non-hydrogen) atoms. The van der Waals surface area contributed by atoms with E-state index < -0.39 is 5.97 Å². The molecule has 0 atom stereocenters. The van der Waals surface area contributed by atoms with Gasteiger partial charge in [0.15, 0.2) is 11.6 Å². The maximum absolute atomic E-state index is 10.7. The highest BCUT2D eigenvalue weighted by molar-refractivity contribution is 5.81. The molecule has 0 saturated heterocycles. The van der Waals surface area contributed by atoms with E-state index in [1.54, 1.807) is 18.2 Å². The lowest BCUT2D eigenvalue weighted by atomic mass is 10.3. The van der Waals surface area contributed by atoms with Gasteiger partial charge in [0.05, 0.1) is 7.11 Å². The van der Waals surface area contributed by atoms with Crippen LogP contribution in [0.3, 0.4) is 0 Å². The molecule has 0 unspecified atom stereocenters. The minimum Gasteiger partial charge on any atom is -0.486 e. The average Bonchev–Trinajstić information content (AvgIpc) is 2.26. The zero-order valence-corrected chi connectivity index (χ0v) is 9.27. The number of methoxy groups -OCH3 is 1. The molecule has 0 fully saturated rings. The summed E-state index contributed by atoms with van der Waals surface area (Å²) in [4.78, 5) is 14.8. The van der Waals surface area contributed by atoms with Gasteiger partial charge in [0.2, 0.25) is 0 Å². The molecule has 0 bridgehead atoms. The summed E-state index contributed by atoms with van der Waals surface area (Å²) in [6.45, 7) is 2.08. The smallest absolute Gasteiger partial charge is 0.330 e. The number of esters is 1. The van der Waals surface area contributed by atoms with Gasteiger partial charge < -0.3 is 15.2 Å². The summed E-state index contributed by atoms with van der Waals surface area (Å²) < 4.78 is 9.73. The van der Waals surface area contributed by atoms with Crippen molar-refractivity contribution in [2.24, 2.45) is 0 Å². The van der Waals surface area contributed by atoms with E-state index in [0.717, 1.165) is 5.69 Å². The Morgan fingerprint density at radius 3 is 2.94 bits per heavy atom. The molecule has 0 aliphatic carbocycles. The lowest BCUT2D eigenvalue weighted by molar-refractivity contribution is -0.134. The van der Waals surface area contributed by atoms with Gasteiger partial charge in [-0.1, -0.05) is 0 Å². The van der Waals surface area contributed by atoms with Gasteiger partial charge in [-0.05, 0) is 25.1 Å². The van der Waals surface area contributed by atoms with E-state index in [2.05, 4.69) is 9.72 Å². The first-order valence-corrected chi connectivity index (χ1v) is 4.74. The number of aryl methyl sites for hydroxylation is 1. The standard InChI is InChI=1S/C11H14N2O3/c1-8-5-6-9(11(12)13-8)16-7-3-4-10(14)15-2/h3-6H,7H2,1-2H3,(H2,12,13)/b4-3+. The number of carbonyl (C=O) groups excluding carboxylic acids is 1. The monoisotopic (exact) mass is 222 g/mol. The van der Waals surface area contributed by atoms with Crippen LogP contribution in [0, 0.1) is 6.92 Å². The van der Waals surface area contributed by atoms with E-state index in [1.165, 1.54) is 13.2 Å². The van der Waals surface area contributed by atoms with Gasteiger partial charge in [-0.15, -0.1) is 0 Å². The van der Waals surface area contributed by atoms with Crippen molar-refractivity contribution in [3.8, 4) is 5.75 Å². The van der Waals surface area contributed by atoms with E-state index in [1.807, 2.05) is 6.92 Å². The first-order chi connectivity index (χ1) is 7.63. The summed E-state index contributed by atoms with van der Waals surface area (Å²) in [6.07, 6.45) is 2.84. The van der Waals surface area contributed by atoms with Crippen molar-refractivity contribution in [2.75, 3.05) is 19.5 Å². The van der Waals surface area contributed by atoms with Crippen molar-refractivity contribution in [1.29, 1.82) is 0 Å². The normalized spacial score (nSPS) is 10.4. The lowest BCUT2D eigenvalue weighted by Crippen LogP contribution is -2.01. The second-order valence-electron chi connectivity index (χ2n) is 3.07. The molecular formula is C11H14N2O3. The topological polar surface area (TPSA) is 74.4 Å². The number of aromatic nitrogens is 1. The highest BCUT2D eigenvalue weighted by atomic mass is 16.5.